The van der Waals surface area contributed by atoms with Crippen molar-refractivity contribution < 1.29 is 4.79 Å². The quantitative estimate of drug-likeness (QED) is 0.605. The highest BCUT2D eigenvalue weighted by atomic mass is 16.1. The van der Waals surface area contributed by atoms with Crippen LogP contribution in [-0.2, 0) is 4.79 Å². The lowest BCUT2D eigenvalue weighted by molar-refractivity contribution is -0.127. The molecule has 0 aliphatic heterocycles. The van der Waals surface area contributed by atoms with E-state index in [0.717, 1.165) is 19.3 Å². The summed E-state index contributed by atoms with van der Waals surface area (Å²) in [4.78, 5) is 12.2. The minimum Gasteiger partial charge on any atom is -0.299 e. The van der Waals surface area contributed by atoms with E-state index in [1.54, 1.807) is 11.1 Å². The Morgan fingerprint density at radius 1 is 1.30 bits per heavy atom. The minimum atomic E-state index is 0.209. The van der Waals surface area contributed by atoms with E-state index < -0.39 is 0 Å². The first-order valence-corrected chi connectivity index (χ1v) is 8.46. The minimum absolute atomic E-state index is 0.209. The van der Waals surface area contributed by atoms with E-state index in [9.17, 15) is 4.79 Å². The molecule has 114 valence electrons. The van der Waals surface area contributed by atoms with Crippen molar-refractivity contribution in [2.75, 3.05) is 0 Å². The van der Waals surface area contributed by atoms with E-state index in [1.807, 2.05) is 0 Å². The second-order valence-corrected chi connectivity index (χ2v) is 8.50. The fourth-order valence-corrected chi connectivity index (χ4v) is 4.48. The zero-order chi connectivity index (χ0) is 15.0. The molecular weight excluding hydrogens is 244 g/mol. The molecule has 0 amide bonds. The predicted molar refractivity (Wildman–Crippen MR) is 85.7 cm³/mol. The summed E-state index contributed by atoms with van der Waals surface area (Å²) in [5.41, 5.74) is 3.88. The number of hydrogen-bond acceptors (Lipinski definition) is 1. The van der Waals surface area contributed by atoms with Gasteiger partial charge < -0.3 is 0 Å². The molecule has 0 radical (unpaired) electrons. The third-order valence-electron chi connectivity index (χ3n) is 5.64. The van der Waals surface area contributed by atoms with Crippen molar-refractivity contribution in [2.45, 2.75) is 86.0 Å². The number of ketones is 1. The Morgan fingerprint density at radius 2 is 2.00 bits per heavy atom. The van der Waals surface area contributed by atoms with Crippen LogP contribution in [0.1, 0.15) is 86.0 Å². The molecular formula is C19H32O. The molecule has 0 bridgehead atoms. The summed E-state index contributed by atoms with van der Waals surface area (Å²) in [5.74, 6) is 0.875. The van der Waals surface area contributed by atoms with Gasteiger partial charge in [0.25, 0.3) is 0 Å². The maximum atomic E-state index is 12.2. The van der Waals surface area contributed by atoms with Gasteiger partial charge >= 0.3 is 0 Å². The Morgan fingerprint density at radius 3 is 2.65 bits per heavy atom. The summed E-state index contributed by atoms with van der Waals surface area (Å²) in [5, 5.41) is 0. The highest BCUT2D eigenvalue weighted by molar-refractivity contribution is 5.84. The summed E-state index contributed by atoms with van der Waals surface area (Å²) >= 11 is 0. The predicted octanol–water partition coefficient (Wildman–Crippen LogP) is 5.69. The zero-order valence-electron chi connectivity index (χ0n) is 14.1. The Kier molecular flexibility index (Phi) is 4.47. The van der Waals surface area contributed by atoms with Crippen LogP contribution < -0.4 is 0 Å². The summed E-state index contributed by atoms with van der Waals surface area (Å²) in [6, 6.07) is 0. The van der Waals surface area contributed by atoms with E-state index in [-0.39, 0.29) is 5.41 Å². The highest BCUT2D eigenvalue weighted by Gasteiger charge is 2.48. The second-order valence-electron chi connectivity index (χ2n) is 8.50. The third-order valence-corrected chi connectivity index (χ3v) is 5.64. The Bertz CT molecular complexity index is 410. The molecule has 0 heterocycles. The first-order valence-electron chi connectivity index (χ1n) is 8.46. The van der Waals surface area contributed by atoms with Crippen LogP contribution in [0.3, 0.4) is 0 Å². The first kappa shape index (κ1) is 15.8. The van der Waals surface area contributed by atoms with E-state index in [4.69, 9.17) is 0 Å². The summed E-state index contributed by atoms with van der Waals surface area (Å²) in [6.45, 7) is 11.7. The lowest BCUT2D eigenvalue weighted by atomic mass is 9.66. The van der Waals surface area contributed by atoms with E-state index in [0.29, 0.717) is 17.1 Å². The average Bonchev–Trinajstić information content (AvgIpc) is 2.66. The summed E-state index contributed by atoms with van der Waals surface area (Å²) in [7, 11) is 0. The van der Waals surface area contributed by atoms with Gasteiger partial charge in [-0.05, 0) is 62.7 Å². The lowest BCUT2D eigenvalue weighted by Crippen LogP contribution is -2.34. The first-order chi connectivity index (χ1) is 9.24. The number of rotatable bonds is 3. The third kappa shape index (κ3) is 3.18. The van der Waals surface area contributed by atoms with Gasteiger partial charge in [-0.15, -0.1) is 0 Å². The Balaban J connectivity index is 2.07. The number of allylic oxidation sites excluding steroid dienone is 2. The molecule has 2 rings (SSSR count). The number of fused-ring (bicyclic) bond motifs is 1. The normalized spacial score (nSPS) is 33.2. The van der Waals surface area contributed by atoms with Crippen LogP contribution in [0.2, 0.25) is 0 Å². The van der Waals surface area contributed by atoms with Gasteiger partial charge in [0.2, 0.25) is 0 Å². The van der Waals surface area contributed by atoms with Crippen LogP contribution in [0, 0.1) is 16.7 Å². The molecule has 0 aromatic rings. The second kappa shape index (κ2) is 5.66. The largest absolute Gasteiger partial charge is 0.299 e. The number of carbonyl (C=O) groups excluding carboxylic acids is 1. The average molecular weight is 276 g/mol. The van der Waals surface area contributed by atoms with Crippen molar-refractivity contribution in [3.63, 3.8) is 0 Å². The number of Topliss-reactive ketones (excluding diaryl/α,β-unsaturated/α-hetero) is 1. The lowest BCUT2D eigenvalue weighted by Gasteiger charge is -2.37. The van der Waals surface area contributed by atoms with Gasteiger partial charge in [-0.2, -0.15) is 0 Å². The molecule has 2 aliphatic rings. The van der Waals surface area contributed by atoms with Gasteiger partial charge in [0, 0.05) is 12.3 Å². The van der Waals surface area contributed by atoms with Crippen LogP contribution >= 0.6 is 0 Å². The molecule has 2 aliphatic carbocycles. The van der Waals surface area contributed by atoms with Crippen molar-refractivity contribution in [2.24, 2.45) is 16.7 Å². The SMILES string of the molecule is CC(CCCC(C)(C)C)=C1CCC2C(=O)CCCC12C. The van der Waals surface area contributed by atoms with E-state index in [1.165, 1.54) is 32.1 Å². The van der Waals surface area contributed by atoms with Crippen molar-refractivity contribution in [1.82, 2.24) is 0 Å². The monoisotopic (exact) mass is 276 g/mol. The summed E-state index contributed by atoms with van der Waals surface area (Å²) in [6.07, 6.45) is 9.25. The fourth-order valence-electron chi connectivity index (χ4n) is 4.48. The molecule has 0 saturated heterocycles. The molecule has 2 fully saturated rings. The van der Waals surface area contributed by atoms with Gasteiger partial charge in [0.05, 0.1) is 0 Å². The van der Waals surface area contributed by atoms with Crippen molar-refractivity contribution in [3.8, 4) is 0 Å². The molecule has 2 unspecified atom stereocenters. The van der Waals surface area contributed by atoms with Crippen LogP contribution in [-0.4, -0.2) is 5.78 Å². The van der Waals surface area contributed by atoms with Crippen LogP contribution in [0.5, 0.6) is 0 Å². The van der Waals surface area contributed by atoms with Gasteiger partial charge in [-0.3, -0.25) is 4.79 Å². The van der Waals surface area contributed by atoms with Crippen molar-refractivity contribution in [3.05, 3.63) is 11.1 Å². The van der Waals surface area contributed by atoms with Crippen molar-refractivity contribution >= 4 is 5.78 Å². The van der Waals surface area contributed by atoms with Gasteiger partial charge in [-0.25, -0.2) is 0 Å². The maximum Gasteiger partial charge on any atom is 0.136 e. The highest BCUT2D eigenvalue weighted by Crippen LogP contribution is 2.55. The van der Waals surface area contributed by atoms with Gasteiger partial charge in [-0.1, -0.05) is 38.8 Å². The summed E-state index contributed by atoms with van der Waals surface area (Å²) < 4.78 is 0. The molecule has 20 heavy (non-hydrogen) atoms. The van der Waals surface area contributed by atoms with Gasteiger partial charge in [0.15, 0.2) is 0 Å². The molecule has 2 saturated carbocycles. The van der Waals surface area contributed by atoms with E-state index >= 15 is 0 Å². The topological polar surface area (TPSA) is 17.1 Å². The van der Waals surface area contributed by atoms with Crippen LogP contribution in [0.15, 0.2) is 11.1 Å². The molecule has 1 nitrogen and oxygen atoms in total. The Hall–Kier alpha value is -0.590. The number of carbonyl (C=O) groups is 1. The standard InChI is InChI=1S/C19H32O/c1-14(8-6-12-18(2,3)4)15-10-11-16-17(20)9-7-13-19(15,16)5/h16H,6-13H2,1-5H3. The zero-order valence-corrected chi connectivity index (χ0v) is 14.1. The van der Waals surface area contributed by atoms with Crippen LogP contribution in [0.4, 0.5) is 0 Å². The van der Waals surface area contributed by atoms with Crippen molar-refractivity contribution in [1.29, 1.82) is 0 Å². The Labute approximate surface area is 125 Å². The molecule has 0 aromatic carbocycles. The number of hydrogen-bond donors (Lipinski definition) is 0. The molecule has 2 atom stereocenters. The fraction of sp³-hybridized carbons (Fsp3) is 0.842. The molecule has 0 spiro atoms. The smallest absolute Gasteiger partial charge is 0.136 e. The van der Waals surface area contributed by atoms with Gasteiger partial charge in [0.1, 0.15) is 5.78 Å². The molecule has 0 aromatic heterocycles. The van der Waals surface area contributed by atoms with E-state index in [2.05, 4.69) is 34.6 Å². The molecule has 1 heteroatoms. The molecule has 0 N–H and O–H groups in total. The van der Waals surface area contributed by atoms with Crippen LogP contribution in [0.25, 0.3) is 0 Å². The maximum absolute atomic E-state index is 12.2.